The number of nitrogens with zero attached hydrogens (tertiary/aromatic N) is 5. The van der Waals surface area contributed by atoms with Crippen LogP contribution in [-0.2, 0) is 6.42 Å². The number of halogens is 2. The molecule has 0 atom stereocenters. The highest BCUT2D eigenvalue weighted by Crippen LogP contribution is 2.26. The molecule has 0 saturated heterocycles. The van der Waals surface area contributed by atoms with E-state index in [4.69, 9.17) is 5.26 Å². The zero-order chi connectivity index (χ0) is 20.4. The van der Waals surface area contributed by atoms with Gasteiger partial charge >= 0.3 is 6.61 Å². The van der Waals surface area contributed by atoms with E-state index in [9.17, 15) is 8.78 Å². The fourth-order valence-electron chi connectivity index (χ4n) is 3.17. The van der Waals surface area contributed by atoms with E-state index in [2.05, 4.69) is 25.8 Å². The van der Waals surface area contributed by atoms with Crippen LogP contribution < -0.4 is 4.74 Å². The molecular weight excluding hydrogens is 376 g/mol. The van der Waals surface area contributed by atoms with Crippen LogP contribution >= 0.6 is 0 Å². The van der Waals surface area contributed by atoms with Crippen LogP contribution in [0.25, 0.3) is 16.9 Å². The Bertz CT molecular complexity index is 1230. The summed E-state index contributed by atoms with van der Waals surface area (Å²) in [7, 11) is 0. The van der Waals surface area contributed by atoms with E-state index in [0.29, 0.717) is 34.5 Å². The number of para-hydroxylation sites is 1. The van der Waals surface area contributed by atoms with Gasteiger partial charge < -0.3 is 4.74 Å². The van der Waals surface area contributed by atoms with E-state index < -0.39 is 6.61 Å². The van der Waals surface area contributed by atoms with Gasteiger partial charge in [-0.25, -0.2) is 4.98 Å². The second-order valence-corrected chi connectivity index (χ2v) is 6.38. The van der Waals surface area contributed by atoms with Gasteiger partial charge in [-0.15, -0.1) is 0 Å². The van der Waals surface area contributed by atoms with E-state index >= 15 is 0 Å². The van der Waals surface area contributed by atoms with Crippen LogP contribution in [0.4, 0.5) is 8.78 Å². The Hall–Kier alpha value is -3.86. The third-order valence-electron chi connectivity index (χ3n) is 4.52. The molecule has 0 N–H and O–H groups in total. The standard InChI is InChI=1S/C21H15F2N5O/c1-13-18(7-15-4-2-3-5-19(15)29-21(22)23)28-12-17(26-11-20(28)27-13)16-6-14(8-24)9-25-10-16/h2-6,9-12,21H,7H2,1H3. The maximum Gasteiger partial charge on any atom is 0.387 e. The number of pyridine rings is 1. The molecule has 0 radical (unpaired) electrons. The summed E-state index contributed by atoms with van der Waals surface area (Å²) in [5.74, 6) is 0.136. The van der Waals surface area contributed by atoms with Crippen molar-refractivity contribution in [1.82, 2.24) is 19.4 Å². The molecule has 3 heterocycles. The van der Waals surface area contributed by atoms with Crippen molar-refractivity contribution in [1.29, 1.82) is 5.26 Å². The van der Waals surface area contributed by atoms with Crippen molar-refractivity contribution >= 4 is 5.65 Å². The first-order valence-corrected chi connectivity index (χ1v) is 8.77. The molecule has 0 aliphatic rings. The van der Waals surface area contributed by atoms with Gasteiger partial charge in [-0.2, -0.15) is 14.0 Å². The summed E-state index contributed by atoms with van der Waals surface area (Å²) in [6.07, 6.45) is 6.90. The van der Waals surface area contributed by atoms with Crippen molar-refractivity contribution in [3.8, 4) is 23.1 Å². The van der Waals surface area contributed by atoms with Gasteiger partial charge in [-0.3, -0.25) is 14.4 Å². The number of hydrogen-bond donors (Lipinski definition) is 0. The monoisotopic (exact) mass is 391 g/mol. The van der Waals surface area contributed by atoms with Crippen molar-refractivity contribution in [3.05, 3.63) is 77.6 Å². The number of aryl methyl sites for hydroxylation is 1. The van der Waals surface area contributed by atoms with E-state index in [1.54, 1.807) is 42.9 Å². The molecule has 0 fully saturated rings. The molecule has 4 rings (SSSR count). The summed E-state index contributed by atoms with van der Waals surface area (Å²) in [4.78, 5) is 13.0. The van der Waals surface area contributed by atoms with Crippen LogP contribution in [0.1, 0.15) is 22.5 Å². The minimum atomic E-state index is -2.89. The van der Waals surface area contributed by atoms with Crippen LogP contribution in [0.3, 0.4) is 0 Å². The Balaban J connectivity index is 1.78. The second kappa shape index (κ2) is 7.64. The third-order valence-corrected chi connectivity index (χ3v) is 4.52. The van der Waals surface area contributed by atoms with Crippen LogP contribution in [0.5, 0.6) is 5.75 Å². The maximum absolute atomic E-state index is 12.7. The lowest BCUT2D eigenvalue weighted by Gasteiger charge is -2.11. The van der Waals surface area contributed by atoms with E-state index in [0.717, 1.165) is 11.4 Å². The quantitative estimate of drug-likeness (QED) is 0.511. The fourth-order valence-corrected chi connectivity index (χ4v) is 3.17. The van der Waals surface area contributed by atoms with Crippen molar-refractivity contribution in [2.24, 2.45) is 0 Å². The van der Waals surface area contributed by atoms with Crippen molar-refractivity contribution in [2.45, 2.75) is 20.0 Å². The molecule has 6 nitrogen and oxygen atoms in total. The number of fused-ring (bicyclic) bond motifs is 1. The fraction of sp³-hybridized carbons (Fsp3) is 0.143. The molecule has 144 valence electrons. The molecule has 0 aliphatic carbocycles. The normalized spacial score (nSPS) is 11.0. The van der Waals surface area contributed by atoms with Gasteiger partial charge in [0, 0.05) is 36.1 Å². The number of hydrogen-bond acceptors (Lipinski definition) is 5. The predicted molar refractivity (Wildman–Crippen MR) is 102 cm³/mol. The highest BCUT2D eigenvalue weighted by atomic mass is 19.3. The van der Waals surface area contributed by atoms with Crippen LogP contribution in [0, 0.1) is 18.3 Å². The Labute approximate surface area is 165 Å². The molecule has 0 aliphatic heterocycles. The first kappa shape index (κ1) is 18.5. The van der Waals surface area contributed by atoms with Gasteiger partial charge in [0.05, 0.1) is 28.8 Å². The highest BCUT2D eigenvalue weighted by Gasteiger charge is 2.15. The Morgan fingerprint density at radius 2 is 2.03 bits per heavy atom. The minimum Gasteiger partial charge on any atom is -0.435 e. The first-order valence-electron chi connectivity index (χ1n) is 8.77. The molecule has 0 unspecified atom stereocenters. The van der Waals surface area contributed by atoms with Gasteiger partial charge in [0.2, 0.25) is 0 Å². The summed E-state index contributed by atoms with van der Waals surface area (Å²) in [6, 6.07) is 10.5. The number of ether oxygens (including phenoxy) is 1. The van der Waals surface area contributed by atoms with Gasteiger partial charge in [-0.05, 0) is 19.1 Å². The molecule has 3 aromatic heterocycles. The van der Waals surface area contributed by atoms with E-state index in [1.807, 2.05) is 11.3 Å². The smallest absolute Gasteiger partial charge is 0.387 e. The summed E-state index contributed by atoms with van der Waals surface area (Å²) >= 11 is 0. The van der Waals surface area contributed by atoms with E-state index in [-0.39, 0.29) is 5.75 Å². The Morgan fingerprint density at radius 1 is 1.21 bits per heavy atom. The number of rotatable bonds is 5. The molecule has 1 aromatic carbocycles. The molecule has 0 spiro atoms. The van der Waals surface area contributed by atoms with Gasteiger partial charge in [0.25, 0.3) is 0 Å². The molecule has 29 heavy (non-hydrogen) atoms. The number of nitriles is 1. The van der Waals surface area contributed by atoms with E-state index in [1.165, 1.54) is 12.3 Å². The molecular formula is C21H15F2N5O. The first-order chi connectivity index (χ1) is 14.0. The van der Waals surface area contributed by atoms with Gasteiger partial charge in [0.15, 0.2) is 5.65 Å². The molecule has 4 aromatic rings. The third kappa shape index (κ3) is 3.75. The SMILES string of the molecule is Cc1nc2cnc(-c3cncc(C#N)c3)cn2c1Cc1ccccc1OC(F)F. The molecule has 0 bridgehead atoms. The average Bonchev–Trinajstić information content (AvgIpc) is 3.03. The summed E-state index contributed by atoms with van der Waals surface area (Å²) < 4.78 is 32.0. The number of alkyl halides is 2. The summed E-state index contributed by atoms with van der Waals surface area (Å²) in [5, 5.41) is 9.09. The molecule has 0 saturated carbocycles. The molecule has 8 heteroatoms. The topological polar surface area (TPSA) is 76.1 Å². The predicted octanol–water partition coefficient (Wildman–Crippen LogP) is 4.16. The zero-order valence-corrected chi connectivity index (χ0v) is 15.4. The lowest BCUT2D eigenvalue weighted by molar-refractivity contribution is -0.0503. The number of imidazole rings is 1. The van der Waals surface area contributed by atoms with Gasteiger partial charge in [0.1, 0.15) is 11.8 Å². The van der Waals surface area contributed by atoms with Crippen molar-refractivity contribution in [2.75, 3.05) is 0 Å². The van der Waals surface area contributed by atoms with Crippen LogP contribution in [0.2, 0.25) is 0 Å². The highest BCUT2D eigenvalue weighted by molar-refractivity contribution is 5.61. The average molecular weight is 391 g/mol. The maximum atomic E-state index is 12.7. The summed E-state index contributed by atoms with van der Waals surface area (Å²) in [6.45, 7) is -1.04. The largest absolute Gasteiger partial charge is 0.435 e. The van der Waals surface area contributed by atoms with Crippen LogP contribution in [-0.4, -0.2) is 26.0 Å². The second-order valence-electron chi connectivity index (χ2n) is 6.38. The Morgan fingerprint density at radius 3 is 2.83 bits per heavy atom. The lowest BCUT2D eigenvalue weighted by atomic mass is 10.1. The van der Waals surface area contributed by atoms with Gasteiger partial charge in [-0.1, -0.05) is 18.2 Å². The summed E-state index contributed by atoms with van der Waals surface area (Å²) in [5.41, 5.74) is 4.62. The zero-order valence-electron chi connectivity index (χ0n) is 15.4. The Kier molecular flexibility index (Phi) is 4.87. The minimum absolute atomic E-state index is 0.136. The lowest BCUT2D eigenvalue weighted by Crippen LogP contribution is -2.06. The number of aromatic nitrogens is 4. The van der Waals surface area contributed by atoms with Crippen molar-refractivity contribution in [3.63, 3.8) is 0 Å². The number of benzene rings is 1. The molecule has 0 amide bonds. The van der Waals surface area contributed by atoms with Crippen LogP contribution in [0.15, 0.2) is 55.1 Å². The van der Waals surface area contributed by atoms with Crippen molar-refractivity contribution < 1.29 is 13.5 Å².